The largest absolute Gasteiger partial charge is 0.481 e. The molecule has 0 saturated carbocycles. The molecule has 0 radical (unpaired) electrons. The average molecular weight is 498 g/mol. The molecule has 0 aliphatic heterocycles. The highest BCUT2D eigenvalue weighted by atomic mass is 32.2. The Morgan fingerprint density at radius 1 is 0.943 bits per heavy atom. The van der Waals surface area contributed by atoms with Crippen LogP contribution in [0.3, 0.4) is 0 Å². The SMILES string of the molecule is O=C(O)C[C@@H](C(=O)O)n1c(=O)c2cc(S(=O)(=O)c3ccccc3)ccc2n(Cc2ccco2)c1=O. The highest BCUT2D eigenvalue weighted by molar-refractivity contribution is 7.91. The van der Waals surface area contributed by atoms with Gasteiger partial charge >= 0.3 is 17.6 Å². The second-order valence-corrected chi connectivity index (χ2v) is 9.52. The zero-order chi connectivity index (χ0) is 25.3. The van der Waals surface area contributed by atoms with E-state index in [1.807, 2.05) is 0 Å². The Balaban J connectivity index is 2.04. The number of sulfone groups is 1. The van der Waals surface area contributed by atoms with E-state index in [-0.39, 0.29) is 27.2 Å². The molecule has 180 valence electrons. The smallest absolute Gasteiger partial charge is 0.332 e. The predicted octanol–water partition coefficient (Wildman–Crippen LogP) is 1.74. The van der Waals surface area contributed by atoms with Crippen molar-refractivity contribution in [3.8, 4) is 0 Å². The second kappa shape index (κ2) is 9.06. The van der Waals surface area contributed by atoms with Gasteiger partial charge in [0.05, 0.1) is 39.9 Å². The maximum Gasteiger partial charge on any atom is 0.332 e. The van der Waals surface area contributed by atoms with Crippen LogP contribution in [0, 0.1) is 0 Å². The third-order valence-corrected chi connectivity index (χ3v) is 7.13. The molecule has 1 atom stereocenters. The van der Waals surface area contributed by atoms with Gasteiger partial charge in [-0.1, -0.05) is 18.2 Å². The maximum atomic E-state index is 13.3. The number of fused-ring (bicyclic) bond motifs is 1. The molecule has 0 spiro atoms. The van der Waals surface area contributed by atoms with Crippen LogP contribution in [0.2, 0.25) is 0 Å². The first kappa shape index (κ1) is 23.7. The monoisotopic (exact) mass is 498 g/mol. The average Bonchev–Trinajstić information content (AvgIpc) is 3.34. The van der Waals surface area contributed by atoms with E-state index in [2.05, 4.69) is 0 Å². The van der Waals surface area contributed by atoms with Gasteiger partial charge in [0.1, 0.15) is 11.8 Å². The van der Waals surface area contributed by atoms with Crippen LogP contribution in [0.5, 0.6) is 0 Å². The lowest BCUT2D eigenvalue weighted by atomic mass is 10.2. The van der Waals surface area contributed by atoms with Crippen molar-refractivity contribution in [3.63, 3.8) is 0 Å². The number of benzene rings is 2. The van der Waals surface area contributed by atoms with Gasteiger partial charge in [-0.25, -0.2) is 22.6 Å². The molecule has 2 heterocycles. The molecule has 4 aromatic rings. The van der Waals surface area contributed by atoms with Crippen molar-refractivity contribution >= 4 is 32.7 Å². The lowest BCUT2D eigenvalue weighted by Gasteiger charge is -2.18. The van der Waals surface area contributed by atoms with E-state index in [1.54, 1.807) is 18.2 Å². The molecule has 0 fully saturated rings. The van der Waals surface area contributed by atoms with E-state index in [0.29, 0.717) is 10.3 Å². The summed E-state index contributed by atoms with van der Waals surface area (Å²) in [6.45, 7) is -0.215. The Morgan fingerprint density at radius 2 is 1.66 bits per heavy atom. The summed E-state index contributed by atoms with van der Waals surface area (Å²) in [6.07, 6.45) is 0.312. The molecular formula is C23H18N2O9S. The van der Waals surface area contributed by atoms with Gasteiger partial charge in [0, 0.05) is 0 Å². The summed E-state index contributed by atoms with van der Waals surface area (Å²) < 4.78 is 32.8. The van der Waals surface area contributed by atoms with Gasteiger partial charge in [0.25, 0.3) is 5.56 Å². The summed E-state index contributed by atoms with van der Waals surface area (Å²) >= 11 is 0. The molecule has 2 N–H and O–H groups in total. The summed E-state index contributed by atoms with van der Waals surface area (Å²) in [5.74, 6) is -2.95. The number of aromatic nitrogens is 2. The third kappa shape index (κ3) is 4.38. The first-order valence-electron chi connectivity index (χ1n) is 10.2. The number of hydrogen-bond acceptors (Lipinski definition) is 7. The van der Waals surface area contributed by atoms with Gasteiger partial charge < -0.3 is 14.6 Å². The number of furan rings is 1. The minimum Gasteiger partial charge on any atom is -0.481 e. The van der Waals surface area contributed by atoms with Crippen molar-refractivity contribution in [2.24, 2.45) is 0 Å². The standard InChI is InChI=1S/C23H18N2O9S/c26-20(27)12-19(22(29)30)25-21(28)17-11-16(35(32,33)15-6-2-1-3-7-15)8-9-18(17)24(23(25)31)13-14-5-4-10-34-14/h1-11,19H,12-13H2,(H,26,27)(H,29,30)/t19-/m0/s1. The summed E-state index contributed by atoms with van der Waals surface area (Å²) in [5.41, 5.74) is -2.18. The van der Waals surface area contributed by atoms with Crippen molar-refractivity contribution in [1.29, 1.82) is 0 Å². The van der Waals surface area contributed by atoms with Gasteiger partial charge in [0.2, 0.25) is 9.84 Å². The van der Waals surface area contributed by atoms with E-state index in [9.17, 15) is 32.7 Å². The summed E-state index contributed by atoms with van der Waals surface area (Å²) in [7, 11) is -4.05. The van der Waals surface area contributed by atoms with E-state index in [4.69, 9.17) is 9.52 Å². The molecule has 2 aromatic carbocycles. The molecule has 4 rings (SSSR count). The number of hydrogen-bond donors (Lipinski definition) is 2. The maximum absolute atomic E-state index is 13.3. The molecule has 11 nitrogen and oxygen atoms in total. The van der Waals surface area contributed by atoms with Gasteiger partial charge in [-0.3, -0.25) is 14.2 Å². The van der Waals surface area contributed by atoms with Crippen LogP contribution < -0.4 is 11.2 Å². The van der Waals surface area contributed by atoms with Gasteiger partial charge in [0.15, 0.2) is 0 Å². The minimum absolute atomic E-state index is 0.0270. The molecule has 0 unspecified atom stereocenters. The van der Waals surface area contributed by atoms with Crippen LogP contribution in [-0.2, 0) is 26.0 Å². The van der Waals surface area contributed by atoms with Crippen LogP contribution in [-0.4, -0.2) is 39.7 Å². The van der Waals surface area contributed by atoms with E-state index < -0.39 is 45.5 Å². The summed E-state index contributed by atoms with van der Waals surface area (Å²) in [6, 6.07) is 12.1. The Labute approximate surface area is 197 Å². The fraction of sp³-hybridized carbons (Fsp3) is 0.130. The minimum atomic E-state index is -4.05. The van der Waals surface area contributed by atoms with Crippen molar-refractivity contribution in [1.82, 2.24) is 9.13 Å². The van der Waals surface area contributed by atoms with Gasteiger partial charge in [-0.15, -0.1) is 0 Å². The molecular weight excluding hydrogens is 480 g/mol. The number of carbonyl (C=O) groups is 2. The Kier molecular flexibility index (Phi) is 6.14. The Hall–Kier alpha value is -4.45. The fourth-order valence-electron chi connectivity index (χ4n) is 3.71. The zero-order valence-electron chi connectivity index (χ0n) is 17.9. The number of rotatable bonds is 8. The van der Waals surface area contributed by atoms with Crippen LogP contribution in [0.15, 0.2) is 90.7 Å². The van der Waals surface area contributed by atoms with E-state index in [1.165, 1.54) is 42.7 Å². The van der Waals surface area contributed by atoms with Crippen LogP contribution in [0.25, 0.3) is 10.9 Å². The molecule has 0 saturated heterocycles. The van der Waals surface area contributed by atoms with Gasteiger partial charge in [-0.05, 0) is 42.5 Å². The van der Waals surface area contributed by atoms with Crippen LogP contribution in [0.4, 0.5) is 0 Å². The van der Waals surface area contributed by atoms with E-state index in [0.717, 1.165) is 10.6 Å². The zero-order valence-corrected chi connectivity index (χ0v) is 18.7. The fourth-order valence-corrected chi connectivity index (χ4v) is 5.02. The van der Waals surface area contributed by atoms with Crippen LogP contribution in [0.1, 0.15) is 18.2 Å². The highest BCUT2D eigenvalue weighted by Gasteiger charge is 2.29. The number of nitrogens with zero attached hydrogens (tertiary/aromatic N) is 2. The van der Waals surface area contributed by atoms with Crippen molar-refractivity contribution < 1.29 is 32.6 Å². The number of aliphatic carboxylic acids is 2. The van der Waals surface area contributed by atoms with Crippen LogP contribution >= 0.6 is 0 Å². The molecule has 0 aliphatic carbocycles. The Bertz CT molecular complexity index is 1650. The van der Waals surface area contributed by atoms with Crippen molar-refractivity contribution in [2.45, 2.75) is 28.8 Å². The highest BCUT2D eigenvalue weighted by Crippen LogP contribution is 2.24. The molecule has 0 amide bonds. The van der Waals surface area contributed by atoms with Gasteiger partial charge in [-0.2, -0.15) is 0 Å². The molecule has 0 bridgehead atoms. The molecule has 2 aromatic heterocycles. The predicted molar refractivity (Wildman–Crippen MR) is 121 cm³/mol. The lowest BCUT2D eigenvalue weighted by molar-refractivity contribution is -0.147. The molecule has 0 aliphatic rings. The molecule has 35 heavy (non-hydrogen) atoms. The normalized spacial score (nSPS) is 12.5. The van der Waals surface area contributed by atoms with Crippen molar-refractivity contribution in [3.05, 3.63) is 93.5 Å². The first-order chi connectivity index (χ1) is 16.6. The third-order valence-electron chi connectivity index (χ3n) is 5.37. The summed E-state index contributed by atoms with van der Waals surface area (Å²) in [4.78, 5) is 49.4. The second-order valence-electron chi connectivity index (χ2n) is 7.57. The summed E-state index contributed by atoms with van der Waals surface area (Å²) in [5, 5.41) is 18.5. The first-order valence-corrected chi connectivity index (χ1v) is 11.7. The molecule has 12 heteroatoms. The quantitative estimate of drug-likeness (QED) is 0.368. The lowest BCUT2D eigenvalue weighted by Crippen LogP contribution is -2.45. The van der Waals surface area contributed by atoms with E-state index >= 15 is 0 Å². The number of carboxylic acids is 2. The number of carboxylic acid groups (broad SMARTS) is 2. The van der Waals surface area contributed by atoms with Crippen molar-refractivity contribution in [2.75, 3.05) is 0 Å². The Morgan fingerprint density at radius 3 is 2.26 bits per heavy atom. The topological polar surface area (TPSA) is 166 Å².